The molecule has 2 N–H and O–H groups in total. The maximum Gasteiger partial charge on any atom is 0.130 e. The number of hydrogen-bond acceptors (Lipinski definition) is 4. The van der Waals surface area contributed by atoms with Crippen LogP contribution in [0.25, 0.3) is 0 Å². The van der Waals surface area contributed by atoms with Crippen molar-refractivity contribution >= 4 is 0 Å². The van der Waals surface area contributed by atoms with Crippen molar-refractivity contribution in [3.63, 3.8) is 0 Å². The largest absolute Gasteiger partial charge is 0.377 e. The minimum Gasteiger partial charge on any atom is -0.377 e. The molecule has 0 aliphatic carbocycles. The van der Waals surface area contributed by atoms with Crippen molar-refractivity contribution in [1.82, 2.24) is 9.80 Å². The Bertz CT molecular complexity index is 431. The molecule has 0 radical (unpaired) electrons. The average Bonchev–Trinajstić information content (AvgIpc) is 2.42. The Balaban J connectivity index is 2.20. The minimum atomic E-state index is -0.992. The van der Waals surface area contributed by atoms with Crippen LogP contribution in [0.1, 0.15) is 40.5 Å². The van der Waals surface area contributed by atoms with Gasteiger partial charge >= 0.3 is 0 Å². The van der Waals surface area contributed by atoms with E-state index in [9.17, 15) is 10.2 Å². The lowest BCUT2D eigenvalue weighted by atomic mass is 9.76. The van der Waals surface area contributed by atoms with Gasteiger partial charge in [-0.3, -0.25) is 0 Å². The highest BCUT2D eigenvalue weighted by Gasteiger charge is 2.43. The molecule has 4 nitrogen and oxygen atoms in total. The monoisotopic (exact) mass is 308 g/mol. The highest BCUT2D eigenvalue weighted by Crippen LogP contribution is 2.33. The molecule has 6 atom stereocenters. The molecule has 4 heteroatoms. The van der Waals surface area contributed by atoms with E-state index in [1.165, 1.54) is 0 Å². The van der Waals surface area contributed by atoms with Gasteiger partial charge in [-0.1, -0.05) is 25.7 Å². The van der Waals surface area contributed by atoms with Crippen molar-refractivity contribution in [2.45, 2.75) is 63.8 Å². The summed E-state index contributed by atoms with van der Waals surface area (Å²) < 4.78 is 0. The van der Waals surface area contributed by atoms with Crippen LogP contribution in [-0.2, 0) is 0 Å². The first-order chi connectivity index (χ1) is 10.1. The van der Waals surface area contributed by atoms with E-state index in [4.69, 9.17) is 0 Å². The maximum atomic E-state index is 11.0. The summed E-state index contributed by atoms with van der Waals surface area (Å²) in [6.07, 6.45) is 1.27. The van der Waals surface area contributed by atoms with Crippen LogP contribution in [-0.4, -0.2) is 70.5 Å². The summed E-state index contributed by atoms with van der Waals surface area (Å²) in [6, 6.07) is 0.609. The summed E-state index contributed by atoms with van der Waals surface area (Å²) in [6.45, 7) is 9.99. The quantitative estimate of drug-likeness (QED) is 0.660. The van der Waals surface area contributed by atoms with Gasteiger partial charge < -0.3 is 20.0 Å². The van der Waals surface area contributed by atoms with Crippen LogP contribution in [0.4, 0.5) is 0 Å². The van der Waals surface area contributed by atoms with Gasteiger partial charge in [-0.2, -0.15) is 0 Å². The molecule has 2 rings (SSSR count). The highest BCUT2D eigenvalue weighted by atomic mass is 16.3. The zero-order chi connectivity index (χ0) is 16.7. The second kappa shape index (κ2) is 6.13. The molecule has 0 bridgehead atoms. The van der Waals surface area contributed by atoms with Crippen molar-refractivity contribution < 1.29 is 10.2 Å². The minimum absolute atomic E-state index is 0.0868. The summed E-state index contributed by atoms with van der Waals surface area (Å²) in [5.74, 6) is 6.34. The average molecular weight is 308 g/mol. The molecule has 0 spiro atoms. The van der Waals surface area contributed by atoms with Crippen LogP contribution in [0.2, 0.25) is 0 Å². The van der Waals surface area contributed by atoms with E-state index in [1.54, 1.807) is 0 Å². The van der Waals surface area contributed by atoms with E-state index in [1.807, 2.05) is 13.8 Å². The molecule has 0 saturated carbocycles. The number of piperidine rings is 2. The maximum absolute atomic E-state index is 11.0. The fourth-order valence-electron chi connectivity index (χ4n) is 3.71. The first kappa shape index (κ1) is 17.7. The molecule has 0 aromatic rings. The van der Waals surface area contributed by atoms with E-state index >= 15 is 0 Å². The van der Waals surface area contributed by atoms with Gasteiger partial charge in [0.1, 0.15) is 11.2 Å². The Kier molecular flexibility index (Phi) is 4.94. The molecule has 0 aromatic carbocycles. The number of aliphatic hydroxyl groups is 2. The van der Waals surface area contributed by atoms with Crippen molar-refractivity contribution in [2.75, 3.05) is 27.2 Å². The summed E-state index contributed by atoms with van der Waals surface area (Å²) in [5, 5.41) is 21.9. The van der Waals surface area contributed by atoms with Crippen LogP contribution in [0.3, 0.4) is 0 Å². The fourth-order valence-corrected chi connectivity index (χ4v) is 3.71. The lowest BCUT2D eigenvalue weighted by Gasteiger charge is -2.44. The molecule has 2 aliphatic rings. The van der Waals surface area contributed by atoms with Gasteiger partial charge in [-0.05, 0) is 27.9 Å². The Morgan fingerprint density at radius 3 is 1.41 bits per heavy atom. The molecule has 22 heavy (non-hydrogen) atoms. The normalized spacial score (nSPS) is 47.8. The highest BCUT2D eigenvalue weighted by molar-refractivity contribution is 5.26. The van der Waals surface area contributed by atoms with E-state index < -0.39 is 11.2 Å². The predicted molar refractivity (Wildman–Crippen MR) is 89.4 cm³/mol. The van der Waals surface area contributed by atoms with Crippen LogP contribution in [0, 0.1) is 23.7 Å². The standard InChI is InChI=1S/C18H32N2O2/c1-13-11-19(5)15(3)9-17(13,21)7-8-18(22)10-16(4)20(6)12-14(18)2/h13-16,21-22H,9-12H2,1-6H3/t13-,14+,15-,16-,17-,18+/m0/s1. The molecular formula is C18H32N2O2. The molecular weight excluding hydrogens is 276 g/mol. The summed E-state index contributed by atoms with van der Waals surface area (Å²) in [4.78, 5) is 4.52. The first-order valence-corrected chi connectivity index (χ1v) is 8.47. The van der Waals surface area contributed by atoms with Crippen LogP contribution >= 0.6 is 0 Å². The third-order valence-electron chi connectivity index (χ3n) is 5.97. The van der Waals surface area contributed by atoms with Crippen LogP contribution in [0.15, 0.2) is 0 Å². The van der Waals surface area contributed by atoms with E-state index in [2.05, 4.69) is 49.6 Å². The van der Waals surface area contributed by atoms with Crippen LogP contribution in [0.5, 0.6) is 0 Å². The van der Waals surface area contributed by atoms with E-state index in [-0.39, 0.29) is 11.8 Å². The molecule has 126 valence electrons. The molecule has 2 aliphatic heterocycles. The van der Waals surface area contributed by atoms with Crippen molar-refractivity contribution in [1.29, 1.82) is 0 Å². The van der Waals surface area contributed by atoms with Gasteiger partial charge in [-0.15, -0.1) is 0 Å². The Hall–Kier alpha value is -0.600. The smallest absolute Gasteiger partial charge is 0.130 e. The predicted octanol–water partition coefficient (Wildman–Crippen LogP) is 1.17. The van der Waals surface area contributed by atoms with Crippen LogP contribution < -0.4 is 0 Å². The molecule has 2 heterocycles. The van der Waals surface area contributed by atoms with E-state index in [0.29, 0.717) is 24.9 Å². The number of rotatable bonds is 0. The zero-order valence-corrected chi connectivity index (χ0v) is 14.9. The molecule has 0 unspecified atom stereocenters. The number of hydrogen-bond donors (Lipinski definition) is 2. The molecule has 0 amide bonds. The number of likely N-dealkylation sites (tertiary alicyclic amines) is 2. The lowest BCUT2D eigenvalue weighted by Crippen LogP contribution is -2.54. The van der Waals surface area contributed by atoms with Gasteiger partial charge in [0.25, 0.3) is 0 Å². The van der Waals surface area contributed by atoms with Gasteiger partial charge in [0.2, 0.25) is 0 Å². The van der Waals surface area contributed by atoms with Gasteiger partial charge in [0.15, 0.2) is 0 Å². The molecule has 2 saturated heterocycles. The van der Waals surface area contributed by atoms with E-state index in [0.717, 1.165) is 13.1 Å². The van der Waals surface area contributed by atoms with Gasteiger partial charge in [0.05, 0.1) is 0 Å². The van der Waals surface area contributed by atoms with Crippen molar-refractivity contribution in [3.8, 4) is 11.8 Å². The fraction of sp³-hybridized carbons (Fsp3) is 0.889. The SMILES string of the molecule is C[C@@H]1CN(C)[C@@H](C)C[C@]1(O)C#C[C@]1(O)C[C@H](C)N(C)C[C@@H]1C. The van der Waals surface area contributed by atoms with Crippen molar-refractivity contribution in [3.05, 3.63) is 0 Å². The zero-order valence-electron chi connectivity index (χ0n) is 14.9. The Morgan fingerprint density at radius 1 is 0.773 bits per heavy atom. The second-order valence-electron chi connectivity index (χ2n) is 7.89. The summed E-state index contributed by atoms with van der Waals surface area (Å²) in [7, 11) is 4.17. The van der Waals surface area contributed by atoms with Gasteiger partial charge in [0, 0.05) is 49.9 Å². The summed E-state index contributed by atoms with van der Waals surface area (Å²) in [5.41, 5.74) is -1.98. The molecule has 0 aromatic heterocycles. The second-order valence-corrected chi connectivity index (χ2v) is 7.89. The first-order valence-electron chi connectivity index (χ1n) is 8.47. The third-order valence-corrected chi connectivity index (χ3v) is 5.97. The summed E-state index contributed by atoms with van der Waals surface area (Å²) >= 11 is 0. The topological polar surface area (TPSA) is 46.9 Å². The van der Waals surface area contributed by atoms with Gasteiger partial charge in [-0.25, -0.2) is 0 Å². The van der Waals surface area contributed by atoms with Crippen molar-refractivity contribution in [2.24, 2.45) is 11.8 Å². The number of nitrogens with zero attached hydrogens (tertiary/aromatic N) is 2. The lowest BCUT2D eigenvalue weighted by molar-refractivity contribution is -0.0432. The third kappa shape index (κ3) is 3.33. The Labute approximate surface area is 135 Å². The Morgan fingerprint density at radius 2 is 1.09 bits per heavy atom. The molecule has 2 fully saturated rings.